The van der Waals surface area contributed by atoms with Gasteiger partial charge in [0.1, 0.15) is 11.5 Å². The summed E-state index contributed by atoms with van der Waals surface area (Å²) in [5, 5.41) is 9.66. The van der Waals surface area contributed by atoms with Crippen LogP contribution in [0.25, 0.3) is 11.4 Å². The van der Waals surface area contributed by atoms with Crippen LogP contribution in [0.2, 0.25) is 0 Å². The van der Waals surface area contributed by atoms with Gasteiger partial charge in [-0.1, -0.05) is 11.8 Å². The fourth-order valence-corrected chi connectivity index (χ4v) is 5.32. The van der Waals surface area contributed by atoms with Gasteiger partial charge in [-0.05, 0) is 56.0 Å². The van der Waals surface area contributed by atoms with Crippen molar-refractivity contribution in [1.82, 2.24) is 24.6 Å². The van der Waals surface area contributed by atoms with Crippen LogP contribution in [0.1, 0.15) is 43.3 Å². The number of likely N-dealkylation sites (tertiary alicyclic amines) is 1. The largest absolute Gasteiger partial charge is 0.497 e. The molecular formula is C24H27N5O3S. The molecular weight excluding hydrogens is 438 g/mol. The normalized spacial score (nSPS) is 17.9. The number of amides is 1. The van der Waals surface area contributed by atoms with E-state index in [0.29, 0.717) is 11.8 Å². The maximum Gasteiger partial charge on any atom is 0.233 e. The highest BCUT2D eigenvalue weighted by atomic mass is 32.2. The van der Waals surface area contributed by atoms with Gasteiger partial charge in [0.15, 0.2) is 11.0 Å². The van der Waals surface area contributed by atoms with Gasteiger partial charge in [-0.3, -0.25) is 14.3 Å². The molecule has 0 radical (unpaired) electrons. The number of benzene rings is 1. The summed E-state index contributed by atoms with van der Waals surface area (Å²) < 4.78 is 13.2. The van der Waals surface area contributed by atoms with E-state index in [-0.39, 0.29) is 11.9 Å². The minimum Gasteiger partial charge on any atom is -0.497 e. The van der Waals surface area contributed by atoms with Crippen LogP contribution < -0.4 is 9.47 Å². The number of carbonyl (C=O) groups excluding carboxylic acids is 1. The van der Waals surface area contributed by atoms with Crippen molar-refractivity contribution >= 4 is 17.7 Å². The third-order valence-corrected chi connectivity index (χ3v) is 7.14. The lowest BCUT2D eigenvalue weighted by Gasteiger charge is -2.26. The lowest BCUT2D eigenvalue weighted by atomic mass is 10.0. The van der Waals surface area contributed by atoms with E-state index in [1.165, 1.54) is 11.8 Å². The van der Waals surface area contributed by atoms with Gasteiger partial charge in [0, 0.05) is 36.1 Å². The molecule has 2 aliphatic rings. The number of aromatic nitrogens is 4. The highest BCUT2D eigenvalue weighted by molar-refractivity contribution is 7.99. The zero-order valence-electron chi connectivity index (χ0n) is 18.8. The molecule has 33 heavy (non-hydrogen) atoms. The molecule has 8 nitrogen and oxygen atoms in total. The number of pyridine rings is 1. The summed E-state index contributed by atoms with van der Waals surface area (Å²) in [6.07, 6.45) is 7.62. The van der Waals surface area contributed by atoms with Crippen molar-refractivity contribution in [1.29, 1.82) is 0 Å². The van der Waals surface area contributed by atoms with Crippen LogP contribution in [0.4, 0.5) is 0 Å². The molecule has 1 unspecified atom stereocenters. The Labute approximate surface area is 197 Å². The molecule has 1 aliphatic heterocycles. The Morgan fingerprint density at radius 2 is 1.91 bits per heavy atom. The van der Waals surface area contributed by atoms with E-state index < -0.39 is 0 Å². The van der Waals surface area contributed by atoms with Gasteiger partial charge in [0.05, 0.1) is 26.0 Å². The van der Waals surface area contributed by atoms with E-state index in [0.717, 1.165) is 65.8 Å². The molecule has 172 valence electrons. The first kappa shape index (κ1) is 21.8. The molecule has 0 bridgehead atoms. The van der Waals surface area contributed by atoms with Crippen molar-refractivity contribution in [2.75, 3.05) is 26.5 Å². The standard InChI is InChI=1S/C24H27N5O3S/c1-31-18-7-8-21(32-2)19(14-18)20-4-3-13-28(20)22(30)15-33-24-27-26-23(29(24)17-5-6-17)16-9-11-25-12-10-16/h7-12,14,17,20H,3-6,13,15H2,1-2H3. The number of methoxy groups -OCH3 is 2. The first-order valence-electron chi connectivity index (χ1n) is 11.2. The van der Waals surface area contributed by atoms with Crippen LogP contribution in [0.5, 0.6) is 11.5 Å². The fourth-order valence-electron chi connectivity index (χ4n) is 4.43. The molecule has 1 saturated heterocycles. The Kier molecular flexibility index (Phi) is 6.22. The van der Waals surface area contributed by atoms with Gasteiger partial charge in [-0.15, -0.1) is 10.2 Å². The number of rotatable bonds is 8. The average molecular weight is 466 g/mol. The summed E-state index contributed by atoms with van der Waals surface area (Å²) in [7, 11) is 3.31. The smallest absolute Gasteiger partial charge is 0.233 e. The number of thioether (sulfide) groups is 1. The van der Waals surface area contributed by atoms with E-state index >= 15 is 0 Å². The predicted molar refractivity (Wildman–Crippen MR) is 125 cm³/mol. The summed E-state index contributed by atoms with van der Waals surface area (Å²) in [6, 6.07) is 10.0. The zero-order chi connectivity index (χ0) is 22.8. The topological polar surface area (TPSA) is 82.4 Å². The van der Waals surface area contributed by atoms with Crippen molar-refractivity contribution in [2.24, 2.45) is 0 Å². The monoisotopic (exact) mass is 465 g/mol. The second kappa shape index (κ2) is 9.43. The predicted octanol–water partition coefficient (Wildman–Crippen LogP) is 4.15. The first-order valence-corrected chi connectivity index (χ1v) is 12.2. The summed E-state index contributed by atoms with van der Waals surface area (Å²) in [4.78, 5) is 19.4. The lowest BCUT2D eigenvalue weighted by molar-refractivity contribution is -0.129. The van der Waals surface area contributed by atoms with E-state index in [9.17, 15) is 4.79 Å². The molecule has 2 aromatic heterocycles. The lowest BCUT2D eigenvalue weighted by Crippen LogP contribution is -2.32. The van der Waals surface area contributed by atoms with Gasteiger partial charge in [0.2, 0.25) is 5.91 Å². The van der Waals surface area contributed by atoms with Crippen LogP contribution in [0.3, 0.4) is 0 Å². The molecule has 2 fully saturated rings. The van der Waals surface area contributed by atoms with Crippen LogP contribution in [-0.2, 0) is 4.79 Å². The first-order chi connectivity index (χ1) is 16.2. The molecule has 1 atom stereocenters. The number of nitrogens with zero attached hydrogens (tertiary/aromatic N) is 5. The van der Waals surface area contributed by atoms with E-state index in [1.54, 1.807) is 26.6 Å². The van der Waals surface area contributed by atoms with Gasteiger partial charge < -0.3 is 14.4 Å². The Morgan fingerprint density at radius 3 is 2.64 bits per heavy atom. The molecule has 5 rings (SSSR count). The molecule has 1 aromatic carbocycles. The van der Waals surface area contributed by atoms with Crippen molar-refractivity contribution in [2.45, 2.75) is 42.9 Å². The molecule has 1 aliphatic carbocycles. The van der Waals surface area contributed by atoms with Gasteiger partial charge in [0.25, 0.3) is 0 Å². The second-order valence-electron chi connectivity index (χ2n) is 8.28. The van der Waals surface area contributed by atoms with Crippen LogP contribution in [0.15, 0.2) is 47.9 Å². The van der Waals surface area contributed by atoms with Crippen molar-refractivity contribution < 1.29 is 14.3 Å². The quantitative estimate of drug-likeness (QED) is 0.462. The van der Waals surface area contributed by atoms with Crippen molar-refractivity contribution in [3.8, 4) is 22.9 Å². The number of hydrogen-bond acceptors (Lipinski definition) is 7. The molecule has 1 saturated carbocycles. The molecule has 9 heteroatoms. The SMILES string of the molecule is COc1ccc(OC)c(C2CCCN2C(=O)CSc2nnc(-c3ccncc3)n2C2CC2)c1. The van der Waals surface area contributed by atoms with Crippen LogP contribution >= 0.6 is 11.8 Å². The maximum absolute atomic E-state index is 13.3. The Bertz CT molecular complexity index is 1130. The zero-order valence-corrected chi connectivity index (χ0v) is 19.6. The van der Waals surface area contributed by atoms with Crippen LogP contribution in [0, 0.1) is 0 Å². The van der Waals surface area contributed by atoms with Crippen molar-refractivity contribution in [3.63, 3.8) is 0 Å². The third kappa shape index (κ3) is 4.42. The van der Waals surface area contributed by atoms with Crippen LogP contribution in [-0.4, -0.2) is 57.1 Å². The third-order valence-electron chi connectivity index (χ3n) is 6.21. The summed E-state index contributed by atoms with van der Waals surface area (Å²) in [5.41, 5.74) is 1.99. The fraction of sp³-hybridized carbons (Fsp3) is 0.417. The summed E-state index contributed by atoms with van der Waals surface area (Å²) in [6.45, 7) is 0.738. The van der Waals surface area contributed by atoms with Gasteiger partial charge in [-0.2, -0.15) is 0 Å². The van der Waals surface area contributed by atoms with Gasteiger partial charge in [-0.25, -0.2) is 0 Å². The number of ether oxygens (including phenoxy) is 2. The Hall–Kier alpha value is -3.07. The highest BCUT2D eigenvalue weighted by Crippen LogP contribution is 2.42. The average Bonchev–Trinajstić information content (AvgIpc) is 3.41. The molecule has 3 heterocycles. The Balaban J connectivity index is 1.33. The minimum atomic E-state index is -0.0168. The Morgan fingerprint density at radius 1 is 1.09 bits per heavy atom. The number of hydrogen-bond donors (Lipinski definition) is 0. The maximum atomic E-state index is 13.3. The number of carbonyl (C=O) groups is 1. The van der Waals surface area contributed by atoms with E-state index in [2.05, 4.69) is 19.7 Å². The highest BCUT2D eigenvalue weighted by Gasteiger charge is 2.34. The molecule has 0 N–H and O–H groups in total. The van der Waals surface area contributed by atoms with Gasteiger partial charge >= 0.3 is 0 Å². The van der Waals surface area contributed by atoms with E-state index in [1.807, 2.05) is 35.2 Å². The molecule has 0 spiro atoms. The second-order valence-corrected chi connectivity index (χ2v) is 9.23. The van der Waals surface area contributed by atoms with E-state index in [4.69, 9.17) is 9.47 Å². The molecule has 1 amide bonds. The summed E-state index contributed by atoms with van der Waals surface area (Å²) in [5.74, 6) is 2.81. The molecule has 3 aromatic rings. The van der Waals surface area contributed by atoms with Crippen molar-refractivity contribution in [3.05, 3.63) is 48.3 Å². The summed E-state index contributed by atoms with van der Waals surface area (Å²) >= 11 is 1.47. The minimum absolute atomic E-state index is 0.0168.